The van der Waals surface area contributed by atoms with Crippen molar-refractivity contribution in [3.8, 4) is 0 Å². The van der Waals surface area contributed by atoms with Crippen LogP contribution in [-0.2, 0) is 0 Å². The molecule has 22 heavy (non-hydrogen) atoms. The fraction of sp³-hybridized carbons (Fsp3) is 0.538. The summed E-state index contributed by atoms with van der Waals surface area (Å²) in [6, 6.07) is 1.93. The smallest absolute Gasteiger partial charge is 0.261 e. The minimum absolute atomic E-state index is 0. The van der Waals surface area contributed by atoms with Gasteiger partial charge in [-0.15, -0.1) is 36.2 Å². The number of rotatable bonds is 7. The molecule has 0 aliphatic rings. The fourth-order valence-electron chi connectivity index (χ4n) is 1.86. The molecule has 0 saturated heterocycles. The Morgan fingerprint density at radius 1 is 1.32 bits per heavy atom. The molecule has 5 nitrogen and oxygen atoms in total. The van der Waals surface area contributed by atoms with Gasteiger partial charge in [-0.25, -0.2) is 4.98 Å². The van der Waals surface area contributed by atoms with Gasteiger partial charge < -0.3 is 16.0 Å². The van der Waals surface area contributed by atoms with E-state index >= 15 is 0 Å². The number of hydrogen-bond acceptors (Lipinski definition) is 6. The summed E-state index contributed by atoms with van der Waals surface area (Å²) in [4.78, 5) is 20.5. The third-order valence-electron chi connectivity index (χ3n) is 3.00. The zero-order valence-electron chi connectivity index (χ0n) is 12.6. The van der Waals surface area contributed by atoms with Crippen molar-refractivity contribution in [2.75, 3.05) is 31.1 Å². The summed E-state index contributed by atoms with van der Waals surface area (Å²) in [5, 5.41) is 3.90. The molecule has 126 valence electrons. The van der Waals surface area contributed by atoms with Gasteiger partial charge >= 0.3 is 0 Å². The van der Waals surface area contributed by atoms with Gasteiger partial charge in [0.05, 0.1) is 9.58 Å². The van der Waals surface area contributed by atoms with Crippen LogP contribution in [0.15, 0.2) is 6.07 Å². The number of thiazole rings is 1. The van der Waals surface area contributed by atoms with E-state index in [9.17, 15) is 4.79 Å². The van der Waals surface area contributed by atoms with Crippen molar-refractivity contribution in [2.45, 2.75) is 20.3 Å². The molecule has 0 saturated carbocycles. The third kappa shape index (κ3) is 4.96. The van der Waals surface area contributed by atoms with Crippen LogP contribution in [-0.4, -0.2) is 37.1 Å². The van der Waals surface area contributed by atoms with Gasteiger partial charge in [0, 0.05) is 19.6 Å². The lowest BCUT2D eigenvalue weighted by atomic mass is 10.4. The summed E-state index contributed by atoms with van der Waals surface area (Å²) in [5.74, 6) is -0.0296. The molecule has 0 radical (unpaired) electrons. The molecule has 2 aromatic rings. The van der Waals surface area contributed by atoms with Crippen molar-refractivity contribution in [1.29, 1.82) is 0 Å². The largest absolute Gasteiger partial charge is 0.351 e. The van der Waals surface area contributed by atoms with Gasteiger partial charge in [0.25, 0.3) is 5.91 Å². The maximum Gasteiger partial charge on any atom is 0.261 e. The summed E-state index contributed by atoms with van der Waals surface area (Å²) in [6.07, 6.45) is 0.801. The maximum absolute atomic E-state index is 11.9. The first-order valence-electron chi connectivity index (χ1n) is 6.83. The highest BCUT2D eigenvalue weighted by Gasteiger charge is 2.15. The molecular weight excluding hydrogens is 363 g/mol. The Balaban J connectivity index is 0.00000220. The minimum atomic E-state index is -0.0296. The quantitative estimate of drug-likeness (QED) is 0.719. The monoisotopic (exact) mass is 384 g/mol. The number of nitrogens with two attached hydrogens (primary N) is 1. The Morgan fingerprint density at radius 3 is 2.55 bits per heavy atom. The van der Waals surface area contributed by atoms with E-state index in [-0.39, 0.29) is 30.7 Å². The molecule has 9 heteroatoms. The van der Waals surface area contributed by atoms with Gasteiger partial charge in [0.2, 0.25) is 0 Å². The lowest BCUT2D eigenvalue weighted by Crippen LogP contribution is -2.25. The van der Waals surface area contributed by atoms with Crippen LogP contribution in [0.2, 0.25) is 0 Å². The molecule has 0 unspecified atom stereocenters. The number of nitrogens with one attached hydrogen (secondary N) is 1. The highest BCUT2D eigenvalue weighted by molar-refractivity contribution is 7.29. The van der Waals surface area contributed by atoms with Crippen molar-refractivity contribution >= 4 is 68.1 Å². The molecule has 2 rings (SSSR count). The summed E-state index contributed by atoms with van der Waals surface area (Å²) in [5.41, 5.74) is 5.41. The van der Waals surface area contributed by atoms with Crippen LogP contribution in [0.4, 0.5) is 5.13 Å². The van der Waals surface area contributed by atoms with Crippen LogP contribution in [0.25, 0.3) is 9.53 Å². The Kier molecular flexibility index (Phi) is 9.95. The first kappa shape index (κ1) is 21.4. The van der Waals surface area contributed by atoms with Crippen molar-refractivity contribution in [3.05, 3.63) is 10.9 Å². The Hall–Kier alpha value is -0.600. The summed E-state index contributed by atoms with van der Waals surface area (Å²) >= 11 is 3.10. The van der Waals surface area contributed by atoms with Gasteiger partial charge in [-0.2, -0.15) is 0 Å². The zero-order chi connectivity index (χ0) is 14.5. The van der Waals surface area contributed by atoms with Crippen molar-refractivity contribution in [1.82, 2.24) is 10.3 Å². The first-order valence-corrected chi connectivity index (χ1v) is 8.46. The van der Waals surface area contributed by atoms with E-state index in [4.69, 9.17) is 5.73 Å². The molecular formula is C13H22Cl2N4OS2. The molecule has 0 bridgehead atoms. The van der Waals surface area contributed by atoms with E-state index in [1.165, 1.54) is 11.3 Å². The Labute approximate surface area is 151 Å². The highest BCUT2D eigenvalue weighted by Crippen LogP contribution is 2.34. The number of halogens is 2. The average Bonchev–Trinajstić information content (AvgIpc) is 2.99. The minimum Gasteiger partial charge on any atom is -0.351 e. The molecule has 2 heterocycles. The molecule has 0 fully saturated rings. The van der Waals surface area contributed by atoms with Crippen LogP contribution in [0, 0.1) is 0 Å². The number of amides is 1. The number of aromatic nitrogens is 1. The number of nitrogens with zero attached hydrogens (tertiary/aromatic N) is 2. The van der Waals surface area contributed by atoms with Gasteiger partial charge in [0.1, 0.15) is 4.83 Å². The van der Waals surface area contributed by atoms with Crippen LogP contribution in [0.5, 0.6) is 0 Å². The lowest BCUT2D eigenvalue weighted by Gasteiger charge is -2.16. The van der Waals surface area contributed by atoms with Crippen LogP contribution in [0.1, 0.15) is 29.9 Å². The zero-order valence-corrected chi connectivity index (χ0v) is 15.9. The molecule has 0 aromatic carbocycles. The van der Waals surface area contributed by atoms with Crippen LogP contribution >= 0.6 is 47.5 Å². The number of hydrogen-bond donors (Lipinski definition) is 2. The standard InChI is InChI=1S/C13H20N4OS2.2ClH/c1-3-17(4-2)13-16-12-10(20-13)8-9(19-12)11(18)15-7-5-6-14;;/h8H,3-7,14H2,1-2H3,(H,15,18);2*1H. The second kappa shape index (κ2) is 10.2. The summed E-state index contributed by atoms with van der Waals surface area (Å²) in [6.45, 7) is 7.35. The van der Waals surface area contributed by atoms with E-state index in [0.717, 1.165) is 39.0 Å². The van der Waals surface area contributed by atoms with Crippen LogP contribution < -0.4 is 16.0 Å². The predicted molar refractivity (Wildman–Crippen MR) is 102 cm³/mol. The number of thiophene rings is 1. The third-order valence-corrected chi connectivity index (χ3v) is 5.22. The van der Waals surface area contributed by atoms with Crippen molar-refractivity contribution in [3.63, 3.8) is 0 Å². The number of fused-ring (bicyclic) bond motifs is 1. The van der Waals surface area contributed by atoms with Crippen molar-refractivity contribution in [2.24, 2.45) is 5.73 Å². The number of anilines is 1. The SMILES string of the molecule is CCN(CC)c1nc2sc(C(=O)NCCCN)cc2s1.Cl.Cl. The van der Waals surface area contributed by atoms with E-state index in [1.807, 2.05) is 6.07 Å². The van der Waals surface area contributed by atoms with E-state index < -0.39 is 0 Å². The maximum atomic E-state index is 11.9. The average molecular weight is 385 g/mol. The van der Waals surface area contributed by atoms with Crippen molar-refractivity contribution < 1.29 is 4.79 Å². The molecule has 0 spiro atoms. The second-order valence-corrected chi connectivity index (χ2v) is 6.39. The first-order chi connectivity index (χ1) is 9.69. The topological polar surface area (TPSA) is 71.2 Å². The number of carbonyl (C=O) groups is 1. The Morgan fingerprint density at radius 2 is 2.00 bits per heavy atom. The summed E-state index contributed by atoms with van der Waals surface area (Å²) in [7, 11) is 0. The second-order valence-electron chi connectivity index (χ2n) is 4.35. The molecule has 2 aromatic heterocycles. The molecule has 1 amide bonds. The molecule has 0 atom stereocenters. The molecule has 0 aliphatic carbocycles. The highest BCUT2D eigenvalue weighted by atomic mass is 35.5. The van der Waals surface area contributed by atoms with Gasteiger partial charge in [-0.05, 0) is 32.9 Å². The summed E-state index contributed by atoms with van der Waals surface area (Å²) < 4.78 is 1.08. The fourth-order valence-corrected chi connectivity index (χ4v) is 4.11. The normalized spacial score (nSPS) is 9.95. The van der Waals surface area contributed by atoms with E-state index in [1.54, 1.807) is 11.3 Å². The Bertz CT molecular complexity index is 552. The lowest BCUT2D eigenvalue weighted by molar-refractivity contribution is 0.0957. The predicted octanol–water partition coefficient (Wildman–Crippen LogP) is 3.13. The van der Waals surface area contributed by atoms with Gasteiger partial charge in [-0.3, -0.25) is 4.79 Å². The van der Waals surface area contributed by atoms with E-state index in [0.29, 0.717) is 13.1 Å². The number of carbonyl (C=O) groups excluding carboxylic acids is 1. The van der Waals surface area contributed by atoms with Crippen LogP contribution in [0.3, 0.4) is 0 Å². The molecule has 0 aliphatic heterocycles. The van der Waals surface area contributed by atoms with E-state index in [2.05, 4.69) is 29.0 Å². The van der Waals surface area contributed by atoms with Gasteiger partial charge in [0.15, 0.2) is 5.13 Å². The molecule has 3 N–H and O–H groups in total. The van der Waals surface area contributed by atoms with Gasteiger partial charge in [-0.1, -0.05) is 11.3 Å².